The van der Waals surface area contributed by atoms with E-state index in [4.69, 9.17) is 0 Å². The number of aromatic nitrogens is 3. The van der Waals surface area contributed by atoms with E-state index < -0.39 is 0 Å². The van der Waals surface area contributed by atoms with Gasteiger partial charge in [0, 0.05) is 23.4 Å². The summed E-state index contributed by atoms with van der Waals surface area (Å²) in [5.74, 6) is 0. The number of halogens is 1. The van der Waals surface area contributed by atoms with E-state index in [0.29, 0.717) is 0 Å². The second-order valence-electron chi connectivity index (χ2n) is 4.24. The van der Waals surface area contributed by atoms with Crippen molar-refractivity contribution in [2.75, 3.05) is 7.05 Å². The van der Waals surface area contributed by atoms with Crippen molar-refractivity contribution in [1.82, 2.24) is 19.7 Å². The molecule has 3 aromatic heterocycles. The number of hydrogen-bond acceptors (Lipinski definition) is 4. The third-order valence-corrected chi connectivity index (χ3v) is 4.28. The van der Waals surface area contributed by atoms with Crippen LogP contribution in [0.4, 0.5) is 0 Å². The summed E-state index contributed by atoms with van der Waals surface area (Å²) < 4.78 is 3.09. The normalized spacial score (nSPS) is 11.1. The Balaban J connectivity index is 2.01. The molecule has 3 rings (SSSR count). The molecule has 0 aromatic carbocycles. The van der Waals surface area contributed by atoms with Crippen LogP contribution in [0.15, 0.2) is 57.3 Å². The second-order valence-corrected chi connectivity index (χ2v) is 6.16. The van der Waals surface area contributed by atoms with Gasteiger partial charge < -0.3 is 9.72 Å². The zero-order chi connectivity index (χ0) is 13.9. The molecule has 0 unspecified atom stereocenters. The highest BCUT2D eigenvalue weighted by Crippen LogP contribution is 2.29. The van der Waals surface area contributed by atoms with Gasteiger partial charge in [0.1, 0.15) is 15.7 Å². The molecule has 6 heteroatoms. The van der Waals surface area contributed by atoms with Gasteiger partial charge >= 0.3 is 0 Å². The number of fused-ring (bicyclic) bond motifs is 1. The summed E-state index contributed by atoms with van der Waals surface area (Å²) in [6.07, 6.45) is 3.84. The van der Waals surface area contributed by atoms with Gasteiger partial charge in [-0.05, 0) is 59.0 Å². The Morgan fingerprint density at radius 3 is 2.95 bits per heavy atom. The van der Waals surface area contributed by atoms with Crippen molar-refractivity contribution >= 4 is 33.3 Å². The third-order valence-electron chi connectivity index (χ3n) is 2.84. The monoisotopic (exact) mass is 348 g/mol. The SMILES string of the molecule is CNCc1c(Sc2ccc(Br)cn2)nc2ccccn12. The molecule has 0 saturated carbocycles. The number of pyridine rings is 2. The zero-order valence-corrected chi connectivity index (χ0v) is 13.3. The molecule has 1 N–H and O–H groups in total. The minimum atomic E-state index is 0.768. The van der Waals surface area contributed by atoms with Crippen molar-refractivity contribution in [3.63, 3.8) is 0 Å². The first-order valence-corrected chi connectivity index (χ1v) is 7.79. The van der Waals surface area contributed by atoms with Crippen LogP contribution in [0.1, 0.15) is 5.69 Å². The third kappa shape index (κ3) is 2.72. The van der Waals surface area contributed by atoms with E-state index in [1.807, 2.05) is 43.6 Å². The summed E-state index contributed by atoms with van der Waals surface area (Å²) in [4.78, 5) is 9.07. The molecule has 0 spiro atoms. The van der Waals surface area contributed by atoms with Crippen LogP contribution in [0.2, 0.25) is 0 Å². The molecule has 0 saturated heterocycles. The molecule has 0 fully saturated rings. The summed E-state index contributed by atoms with van der Waals surface area (Å²) >= 11 is 4.98. The van der Waals surface area contributed by atoms with E-state index in [1.54, 1.807) is 18.0 Å². The lowest BCUT2D eigenvalue weighted by molar-refractivity contribution is 0.763. The highest BCUT2D eigenvalue weighted by atomic mass is 79.9. The fraction of sp³-hybridized carbons (Fsp3) is 0.143. The summed E-state index contributed by atoms with van der Waals surface area (Å²) in [6.45, 7) is 0.768. The molecule has 0 bridgehead atoms. The average molecular weight is 349 g/mol. The predicted octanol–water partition coefficient (Wildman–Crippen LogP) is 3.36. The molecule has 0 radical (unpaired) electrons. The Hall–Kier alpha value is -1.37. The lowest BCUT2D eigenvalue weighted by Gasteiger charge is -2.03. The quantitative estimate of drug-likeness (QED) is 0.784. The maximum atomic E-state index is 4.68. The van der Waals surface area contributed by atoms with E-state index in [2.05, 4.69) is 35.6 Å². The molecule has 0 amide bonds. The lowest BCUT2D eigenvalue weighted by Crippen LogP contribution is -2.08. The zero-order valence-electron chi connectivity index (χ0n) is 10.9. The summed E-state index contributed by atoms with van der Waals surface area (Å²) in [7, 11) is 1.94. The van der Waals surface area contributed by atoms with E-state index in [1.165, 1.54) is 0 Å². The standard InChI is InChI=1S/C14H13BrN4S/c1-16-9-11-14(18-12-4-2-3-7-19(11)12)20-13-6-5-10(15)8-17-13/h2-8,16H,9H2,1H3. The maximum Gasteiger partial charge on any atom is 0.138 e. The first kappa shape index (κ1) is 13.6. The number of rotatable bonds is 4. The van der Waals surface area contributed by atoms with Gasteiger partial charge in [-0.3, -0.25) is 0 Å². The molecule has 20 heavy (non-hydrogen) atoms. The molecular formula is C14H13BrN4S. The average Bonchev–Trinajstić information content (AvgIpc) is 2.80. The molecule has 3 aromatic rings. The molecule has 0 aliphatic heterocycles. The van der Waals surface area contributed by atoms with Crippen LogP contribution in [0.25, 0.3) is 5.65 Å². The first-order chi connectivity index (χ1) is 9.78. The Kier molecular flexibility index (Phi) is 4.05. The van der Waals surface area contributed by atoms with Crippen molar-refractivity contribution < 1.29 is 0 Å². The Morgan fingerprint density at radius 2 is 2.20 bits per heavy atom. The van der Waals surface area contributed by atoms with Gasteiger partial charge in [0.2, 0.25) is 0 Å². The van der Waals surface area contributed by atoms with E-state index >= 15 is 0 Å². The second kappa shape index (κ2) is 5.95. The minimum absolute atomic E-state index is 0.768. The van der Waals surface area contributed by atoms with Gasteiger partial charge in [0.25, 0.3) is 0 Å². The van der Waals surface area contributed by atoms with Crippen molar-refractivity contribution in [3.05, 3.63) is 52.9 Å². The van der Waals surface area contributed by atoms with Crippen molar-refractivity contribution in [2.24, 2.45) is 0 Å². The van der Waals surface area contributed by atoms with Gasteiger partial charge in [-0.1, -0.05) is 6.07 Å². The molecule has 4 nitrogen and oxygen atoms in total. The highest BCUT2D eigenvalue weighted by molar-refractivity contribution is 9.10. The van der Waals surface area contributed by atoms with Gasteiger partial charge in [0.05, 0.1) is 5.69 Å². The highest BCUT2D eigenvalue weighted by Gasteiger charge is 2.13. The van der Waals surface area contributed by atoms with E-state index in [9.17, 15) is 0 Å². The van der Waals surface area contributed by atoms with Crippen molar-refractivity contribution in [2.45, 2.75) is 16.6 Å². The predicted molar refractivity (Wildman–Crippen MR) is 84.0 cm³/mol. The Labute approximate surface area is 129 Å². The molecule has 102 valence electrons. The van der Waals surface area contributed by atoms with Crippen LogP contribution in [-0.4, -0.2) is 21.4 Å². The van der Waals surface area contributed by atoms with Crippen molar-refractivity contribution in [3.8, 4) is 0 Å². The maximum absolute atomic E-state index is 4.68. The van der Waals surface area contributed by atoms with Crippen molar-refractivity contribution in [1.29, 1.82) is 0 Å². The van der Waals surface area contributed by atoms with Crippen LogP contribution in [-0.2, 0) is 6.54 Å². The van der Waals surface area contributed by atoms with Gasteiger partial charge in [-0.25, -0.2) is 9.97 Å². The molecule has 0 atom stereocenters. The van der Waals surface area contributed by atoms with Crippen LogP contribution in [0.5, 0.6) is 0 Å². The summed E-state index contributed by atoms with van der Waals surface area (Å²) in [5, 5.41) is 5.12. The van der Waals surface area contributed by atoms with Crippen LogP contribution < -0.4 is 5.32 Å². The molecule has 0 aliphatic rings. The molecule has 3 heterocycles. The first-order valence-electron chi connectivity index (χ1n) is 6.18. The van der Waals surface area contributed by atoms with Gasteiger partial charge in [-0.2, -0.15) is 0 Å². The van der Waals surface area contributed by atoms with Gasteiger partial charge in [0.15, 0.2) is 0 Å². The van der Waals surface area contributed by atoms with Crippen LogP contribution >= 0.6 is 27.7 Å². The molecular weight excluding hydrogens is 336 g/mol. The Morgan fingerprint density at radius 1 is 1.30 bits per heavy atom. The molecule has 0 aliphatic carbocycles. The topological polar surface area (TPSA) is 42.2 Å². The largest absolute Gasteiger partial charge is 0.314 e. The number of nitrogens with one attached hydrogen (secondary N) is 1. The number of hydrogen-bond donors (Lipinski definition) is 1. The minimum Gasteiger partial charge on any atom is -0.314 e. The Bertz CT molecular complexity index is 724. The smallest absolute Gasteiger partial charge is 0.138 e. The van der Waals surface area contributed by atoms with E-state index in [-0.39, 0.29) is 0 Å². The van der Waals surface area contributed by atoms with Gasteiger partial charge in [-0.15, -0.1) is 0 Å². The van der Waals surface area contributed by atoms with Crippen LogP contribution in [0.3, 0.4) is 0 Å². The summed E-state index contributed by atoms with van der Waals surface area (Å²) in [5.41, 5.74) is 2.11. The number of imidazole rings is 1. The fourth-order valence-corrected chi connectivity index (χ4v) is 3.06. The number of nitrogens with zero attached hydrogens (tertiary/aromatic N) is 3. The fourth-order valence-electron chi connectivity index (χ4n) is 1.96. The summed E-state index contributed by atoms with van der Waals surface area (Å²) in [6, 6.07) is 10.0. The van der Waals surface area contributed by atoms with E-state index in [0.717, 1.165) is 32.4 Å². The van der Waals surface area contributed by atoms with Crippen LogP contribution in [0, 0.1) is 0 Å². The lowest BCUT2D eigenvalue weighted by atomic mass is 10.4.